The lowest BCUT2D eigenvalue weighted by atomic mass is 9.84. The predicted molar refractivity (Wildman–Crippen MR) is 83.4 cm³/mol. The predicted octanol–water partition coefficient (Wildman–Crippen LogP) is 1.87. The van der Waals surface area contributed by atoms with E-state index < -0.39 is 0 Å². The fraction of sp³-hybridized carbons (Fsp3) is 1.00. The first-order chi connectivity index (χ1) is 8.59. The lowest BCUT2D eigenvalue weighted by molar-refractivity contribution is 0.0218. The van der Waals surface area contributed by atoms with Gasteiger partial charge in [-0.05, 0) is 64.9 Å². The molecule has 4 heteroatoms. The number of nitrogens with two attached hydrogens (primary N) is 1. The van der Waals surface area contributed by atoms with Crippen LogP contribution in [0.2, 0.25) is 0 Å². The first-order valence-electron chi connectivity index (χ1n) is 7.24. The monoisotopic (exact) mass is 273 g/mol. The van der Waals surface area contributed by atoms with Crippen LogP contribution in [0.25, 0.3) is 0 Å². The molecule has 0 amide bonds. The van der Waals surface area contributed by atoms with Gasteiger partial charge in [0.15, 0.2) is 0 Å². The fourth-order valence-corrected chi connectivity index (χ4v) is 3.51. The Morgan fingerprint density at radius 1 is 1.39 bits per heavy atom. The van der Waals surface area contributed by atoms with Crippen molar-refractivity contribution in [3.63, 3.8) is 0 Å². The molecule has 1 aliphatic rings. The normalized spacial score (nSPS) is 22.3. The lowest BCUT2D eigenvalue weighted by Crippen LogP contribution is -2.60. The van der Waals surface area contributed by atoms with Crippen LogP contribution in [0.15, 0.2) is 0 Å². The largest absolute Gasteiger partial charge is 0.329 e. The summed E-state index contributed by atoms with van der Waals surface area (Å²) in [5.41, 5.74) is 6.37. The highest BCUT2D eigenvalue weighted by molar-refractivity contribution is 7.98. The highest BCUT2D eigenvalue weighted by atomic mass is 32.2. The van der Waals surface area contributed by atoms with Gasteiger partial charge in [-0.3, -0.25) is 4.90 Å². The number of nitrogens with zero attached hydrogens (tertiary/aromatic N) is 2. The van der Waals surface area contributed by atoms with Gasteiger partial charge in [0.2, 0.25) is 0 Å². The first kappa shape index (κ1) is 16.3. The quantitative estimate of drug-likeness (QED) is 0.767. The minimum atomic E-state index is 0.240. The molecule has 0 aromatic rings. The van der Waals surface area contributed by atoms with E-state index in [0.29, 0.717) is 6.04 Å². The number of rotatable bonds is 7. The molecule has 1 fully saturated rings. The van der Waals surface area contributed by atoms with Crippen molar-refractivity contribution < 1.29 is 0 Å². The van der Waals surface area contributed by atoms with Crippen molar-refractivity contribution in [3.05, 3.63) is 0 Å². The van der Waals surface area contributed by atoms with E-state index in [9.17, 15) is 0 Å². The van der Waals surface area contributed by atoms with E-state index in [4.69, 9.17) is 5.73 Å². The Morgan fingerprint density at radius 2 is 2.00 bits per heavy atom. The molecule has 2 N–H and O–H groups in total. The zero-order chi connectivity index (χ0) is 13.6. The van der Waals surface area contributed by atoms with E-state index in [0.717, 1.165) is 6.54 Å². The summed E-state index contributed by atoms with van der Waals surface area (Å²) in [4.78, 5) is 5.10. The van der Waals surface area contributed by atoms with Crippen molar-refractivity contribution in [2.45, 2.75) is 44.7 Å². The first-order valence-corrected chi connectivity index (χ1v) is 8.63. The molecule has 0 saturated carbocycles. The SMILES string of the molecule is CCN1CCC(CN)(N(C)C(C)CCSC)CC1. The molecular weight excluding hydrogens is 242 g/mol. The highest BCUT2D eigenvalue weighted by Crippen LogP contribution is 2.29. The van der Waals surface area contributed by atoms with Crippen molar-refractivity contribution in [2.75, 3.05) is 45.2 Å². The van der Waals surface area contributed by atoms with Crippen molar-refractivity contribution in [1.82, 2.24) is 9.80 Å². The molecule has 1 rings (SSSR count). The van der Waals surface area contributed by atoms with Crippen LogP contribution in [0, 0.1) is 0 Å². The maximum absolute atomic E-state index is 6.13. The van der Waals surface area contributed by atoms with Crippen LogP contribution < -0.4 is 5.73 Å². The molecule has 3 nitrogen and oxygen atoms in total. The van der Waals surface area contributed by atoms with Crippen molar-refractivity contribution in [3.8, 4) is 0 Å². The number of hydrogen-bond acceptors (Lipinski definition) is 4. The van der Waals surface area contributed by atoms with Crippen LogP contribution in [0.4, 0.5) is 0 Å². The molecule has 1 unspecified atom stereocenters. The van der Waals surface area contributed by atoms with Gasteiger partial charge in [-0.1, -0.05) is 6.92 Å². The van der Waals surface area contributed by atoms with E-state index in [1.807, 2.05) is 11.8 Å². The Labute approximate surface area is 117 Å². The summed E-state index contributed by atoms with van der Waals surface area (Å²) < 4.78 is 0. The maximum Gasteiger partial charge on any atom is 0.0355 e. The molecule has 108 valence electrons. The average molecular weight is 273 g/mol. The van der Waals surface area contributed by atoms with Gasteiger partial charge in [-0.25, -0.2) is 0 Å². The van der Waals surface area contributed by atoms with E-state index in [1.54, 1.807) is 0 Å². The van der Waals surface area contributed by atoms with Crippen molar-refractivity contribution >= 4 is 11.8 Å². The smallest absolute Gasteiger partial charge is 0.0355 e. The minimum absolute atomic E-state index is 0.240. The molecule has 0 aromatic heterocycles. The fourth-order valence-electron chi connectivity index (χ4n) is 2.94. The average Bonchev–Trinajstić information content (AvgIpc) is 2.43. The van der Waals surface area contributed by atoms with Crippen molar-refractivity contribution in [1.29, 1.82) is 0 Å². The molecular formula is C14H31N3S. The van der Waals surface area contributed by atoms with Gasteiger partial charge in [-0.15, -0.1) is 0 Å². The Bertz CT molecular complexity index is 227. The van der Waals surface area contributed by atoms with Crippen LogP contribution in [-0.4, -0.2) is 66.6 Å². The lowest BCUT2D eigenvalue weighted by Gasteiger charge is -2.49. The molecule has 0 bridgehead atoms. The van der Waals surface area contributed by atoms with Gasteiger partial charge in [0.1, 0.15) is 0 Å². The number of piperidine rings is 1. The minimum Gasteiger partial charge on any atom is -0.329 e. The molecule has 1 heterocycles. The standard InChI is InChI=1S/C14H31N3S/c1-5-17-9-7-14(12-15,8-10-17)16(3)13(2)6-11-18-4/h13H,5-12,15H2,1-4H3. The van der Waals surface area contributed by atoms with E-state index in [2.05, 4.69) is 37.0 Å². The number of hydrogen-bond donors (Lipinski definition) is 1. The van der Waals surface area contributed by atoms with Gasteiger partial charge in [0, 0.05) is 18.1 Å². The molecule has 1 saturated heterocycles. The second-order valence-electron chi connectivity index (χ2n) is 5.60. The summed E-state index contributed by atoms with van der Waals surface area (Å²) in [5.74, 6) is 1.24. The summed E-state index contributed by atoms with van der Waals surface area (Å²) in [7, 11) is 2.28. The Morgan fingerprint density at radius 3 is 2.44 bits per heavy atom. The van der Waals surface area contributed by atoms with Crippen LogP contribution >= 0.6 is 11.8 Å². The number of likely N-dealkylation sites (N-methyl/N-ethyl adjacent to an activating group) is 1. The van der Waals surface area contributed by atoms with Crippen molar-refractivity contribution in [2.24, 2.45) is 5.73 Å². The number of thioether (sulfide) groups is 1. The van der Waals surface area contributed by atoms with E-state index >= 15 is 0 Å². The van der Waals surface area contributed by atoms with Crippen LogP contribution in [0.1, 0.15) is 33.1 Å². The summed E-state index contributed by atoms with van der Waals surface area (Å²) in [5, 5.41) is 0. The topological polar surface area (TPSA) is 32.5 Å². The van der Waals surface area contributed by atoms with Gasteiger partial charge in [0.25, 0.3) is 0 Å². The molecule has 1 aliphatic heterocycles. The third-order valence-electron chi connectivity index (χ3n) is 4.76. The Hall–Kier alpha value is 0.230. The molecule has 18 heavy (non-hydrogen) atoms. The summed E-state index contributed by atoms with van der Waals surface area (Å²) in [6.45, 7) is 8.97. The van der Waals surface area contributed by atoms with Gasteiger partial charge in [-0.2, -0.15) is 11.8 Å². The van der Waals surface area contributed by atoms with Gasteiger partial charge < -0.3 is 10.6 Å². The summed E-state index contributed by atoms with van der Waals surface area (Å²) in [6.07, 6.45) is 5.89. The molecule has 1 atom stereocenters. The Kier molecular flexibility index (Phi) is 6.99. The number of likely N-dealkylation sites (tertiary alicyclic amines) is 1. The zero-order valence-electron chi connectivity index (χ0n) is 12.6. The molecule has 0 spiro atoms. The summed E-state index contributed by atoms with van der Waals surface area (Å²) in [6, 6.07) is 0.633. The summed E-state index contributed by atoms with van der Waals surface area (Å²) >= 11 is 1.94. The third-order valence-corrected chi connectivity index (χ3v) is 5.41. The van der Waals surface area contributed by atoms with E-state index in [1.165, 1.54) is 44.6 Å². The Balaban J connectivity index is 2.58. The van der Waals surface area contributed by atoms with Crippen LogP contribution in [0.5, 0.6) is 0 Å². The zero-order valence-corrected chi connectivity index (χ0v) is 13.4. The molecule has 0 radical (unpaired) electrons. The van der Waals surface area contributed by atoms with Gasteiger partial charge in [0.05, 0.1) is 0 Å². The van der Waals surface area contributed by atoms with Crippen LogP contribution in [0.3, 0.4) is 0 Å². The molecule has 0 aliphatic carbocycles. The second kappa shape index (κ2) is 7.73. The highest BCUT2D eigenvalue weighted by Gasteiger charge is 2.38. The maximum atomic E-state index is 6.13. The van der Waals surface area contributed by atoms with Crippen LogP contribution in [-0.2, 0) is 0 Å². The molecule has 0 aromatic carbocycles. The van der Waals surface area contributed by atoms with E-state index in [-0.39, 0.29) is 5.54 Å². The third kappa shape index (κ3) is 3.86. The second-order valence-corrected chi connectivity index (χ2v) is 6.59. The van der Waals surface area contributed by atoms with Gasteiger partial charge >= 0.3 is 0 Å².